The summed E-state index contributed by atoms with van der Waals surface area (Å²) in [6, 6.07) is 2.37. The lowest BCUT2D eigenvalue weighted by atomic mass is 10.0. The van der Waals surface area contributed by atoms with E-state index in [0.717, 1.165) is 32.0 Å². The summed E-state index contributed by atoms with van der Waals surface area (Å²) in [5, 5.41) is 3.57. The van der Waals surface area contributed by atoms with Crippen LogP contribution in [0.5, 0.6) is 5.88 Å². The summed E-state index contributed by atoms with van der Waals surface area (Å²) in [6.45, 7) is 7.94. The molecule has 1 fully saturated rings. The predicted molar refractivity (Wildman–Crippen MR) is 81.3 cm³/mol. The molecule has 1 aromatic heterocycles. The molecule has 1 saturated heterocycles. The third-order valence-electron chi connectivity index (χ3n) is 3.59. The highest BCUT2D eigenvalue weighted by Gasteiger charge is 2.17. The first kappa shape index (κ1) is 15.0. The molecule has 112 valence electrons. The molecule has 1 unspecified atom stereocenters. The average molecular weight is 278 g/mol. The van der Waals surface area contributed by atoms with Gasteiger partial charge in [-0.3, -0.25) is 0 Å². The van der Waals surface area contributed by atoms with E-state index in [2.05, 4.69) is 34.0 Å². The molecule has 0 amide bonds. The summed E-state index contributed by atoms with van der Waals surface area (Å²) >= 11 is 0. The first-order chi connectivity index (χ1) is 9.83. The molecule has 0 bridgehead atoms. The monoisotopic (exact) mass is 278 g/mol. The molecule has 0 saturated carbocycles. The number of hydrogen-bond donors (Lipinski definition) is 1. The van der Waals surface area contributed by atoms with Gasteiger partial charge in [0, 0.05) is 31.4 Å². The quantitative estimate of drug-likeness (QED) is 0.829. The molecule has 5 heteroatoms. The van der Waals surface area contributed by atoms with E-state index in [9.17, 15) is 0 Å². The van der Waals surface area contributed by atoms with Crippen molar-refractivity contribution in [1.82, 2.24) is 15.3 Å². The number of anilines is 1. The number of hydrogen-bond acceptors (Lipinski definition) is 5. The smallest absolute Gasteiger partial charge is 0.228 e. The second-order valence-corrected chi connectivity index (χ2v) is 5.23. The first-order valence-electron chi connectivity index (χ1n) is 7.77. The van der Waals surface area contributed by atoms with Crippen molar-refractivity contribution < 1.29 is 4.74 Å². The van der Waals surface area contributed by atoms with Gasteiger partial charge in [0.25, 0.3) is 0 Å². The van der Waals surface area contributed by atoms with Crippen molar-refractivity contribution in [3.05, 3.63) is 12.3 Å². The number of ether oxygens (including phenoxy) is 1. The molecule has 5 nitrogen and oxygen atoms in total. The fraction of sp³-hybridized carbons (Fsp3) is 0.733. The number of nitrogens with zero attached hydrogens (tertiary/aromatic N) is 3. The number of rotatable bonds is 7. The van der Waals surface area contributed by atoms with Gasteiger partial charge in [-0.15, -0.1) is 0 Å². The van der Waals surface area contributed by atoms with E-state index in [-0.39, 0.29) is 0 Å². The minimum Gasteiger partial charge on any atom is -0.478 e. The molecule has 1 atom stereocenters. The molecule has 0 spiro atoms. The predicted octanol–water partition coefficient (Wildman–Crippen LogP) is 2.23. The summed E-state index contributed by atoms with van der Waals surface area (Å²) in [5.74, 6) is 1.44. The Morgan fingerprint density at radius 2 is 2.30 bits per heavy atom. The maximum Gasteiger partial charge on any atom is 0.228 e. The summed E-state index contributed by atoms with van der Waals surface area (Å²) < 4.78 is 5.59. The lowest BCUT2D eigenvalue weighted by molar-refractivity contribution is 0.304. The Kier molecular flexibility index (Phi) is 6.05. The summed E-state index contributed by atoms with van der Waals surface area (Å²) in [4.78, 5) is 11.1. The molecule has 0 radical (unpaired) electrons. The Morgan fingerprint density at radius 3 is 3.00 bits per heavy atom. The second-order valence-electron chi connectivity index (χ2n) is 5.23. The van der Waals surface area contributed by atoms with E-state index < -0.39 is 0 Å². The van der Waals surface area contributed by atoms with Crippen molar-refractivity contribution in [2.24, 2.45) is 0 Å². The van der Waals surface area contributed by atoms with E-state index in [0.29, 0.717) is 18.5 Å². The van der Waals surface area contributed by atoms with Crippen LogP contribution in [0.3, 0.4) is 0 Å². The molecule has 0 aromatic carbocycles. The van der Waals surface area contributed by atoms with Gasteiger partial charge < -0.3 is 15.0 Å². The largest absolute Gasteiger partial charge is 0.478 e. The van der Waals surface area contributed by atoms with Crippen LogP contribution in [-0.2, 0) is 0 Å². The molecule has 1 aliphatic rings. The van der Waals surface area contributed by atoms with Crippen LogP contribution in [0.4, 0.5) is 5.95 Å². The molecular formula is C15H26N4O. The van der Waals surface area contributed by atoms with Gasteiger partial charge in [-0.05, 0) is 32.7 Å². The fourth-order valence-corrected chi connectivity index (χ4v) is 2.47. The molecule has 20 heavy (non-hydrogen) atoms. The molecular weight excluding hydrogens is 252 g/mol. The standard InChI is InChI=1S/C15H26N4O/c1-3-11-20-14-8-10-17-15(18-14)19(4-2)12-13-7-5-6-9-16-13/h8,10,13,16H,3-7,9,11-12H2,1-2H3. The number of nitrogens with one attached hydrogen (secondary N) is 1. The minimum atomic E-state index is 0.549. The lowest BCUT2D eigenvalue weighted by Crippen LogP contribution is -2.44. The Labute approximate surface area is 121 Å². The number of piperidine rings is 1. The first-order valence-corrected chi connectivity index (χ1v) is 7.77. The van der Waals surface area contributed by atoms with Crippen LogP contribution in [-0.4, -0.2) is 42.3 Å². The third-order valence-corrected chi connectivity index (χ3v) is 3.59. The van der Waals surface area contributed by atoms with Gasteiger partial charge in [0.15, 0.2) is 0 Å². The van der Waals surface area contributed by atoms with Crippen LogP contribution in [0.15, 0.2) is 12.3 Å². The summed E-state index contributed by atoms with van der Waals surface area (Å²) in [6.07, 6.45) is 6.62. The fourth-order valence-electron chi connectivity index (χ4n) is 2.47. The van der Waals surface area contributed by atoms with E-state index >= 15 is 0 Å². The SMILES string of the molecule is CCCOc1ccnc(N(CC)CC2CCCCN2)n1. The number of aromatic nitrogens is 2. The van der Waals surface area contributed by atoms with Crippen molar-refractivity contribution in [2.75, 3.05) is 31.1 Å². The molecule has 2 heterocycles. The van der Waals surface area contributed by atoms with E-state index in [4.69, 9.17) is 4.74 Å². The van der Waals surface area contributed by atoms with Crippen LogP contribution >= 0.6 is 0 Å². The van der Waals surface area contributed by atoms with Crippen LogP contribution < -0.4 is 15.0 Å². The maximum absolute atomic E-state index is 5.59. The van der Waals surface area contributed by atoms with Crippen molar-refractivity contribution in [3.63, 3.8) is 0 Å². The maximum atomic E-state index is 5.59. The normalized spacial score (nSPS) is 18.8. The van der Waals surface area contributed by atoms with Gasteiger partial charge >= 0.3 is 0 Å². The topological polar surface area (TPSA) is 50.3 Å². The third kappa shape index (κ3) is 4.34. The van der Waals surface area contributed by atoms with Gasteiger partial charge in [-0.25, -0.2) is 4.98 Å². The summed E-state index contributed by atoms with van der Waals surface area (Å²) in [5.41, 5.74) is 0. The highest BCUT2D eigenvalue weighted by molar-refractivity contribution is 5.32. The summed E-state index contributed by atoms with van der Waals surface area (Å²) in [7, 11) is 0. The van der Waals surface area contributed by atoms with Gasteiger partial charge in [0.2, 0.25) is 11.8 Å². The molecule has 0 aliphatic carbocycles. The Bertz CT molecular complexity index is 393. The van der Waals surface area contributed by atoms with Crippen molar-refractivity contribution in [1.29, 1.82) is 0 Å². The van der Waals surface area contributed by atoms with Crippen LogP contribution in [0.2, 0.25) is 0 Å². The van der Waals surface area contributed by atoms with E-state index in [1.54, 1.807) is 6.20 Å². The van der Waals surface area contributed by atoms with Gasteiger partial charge in [0.05, 0.1) is 6.61 Å². The zero-order valence-electron chi connectivity index (χ0n) is 12.6. The zero-order chi connectivity index (χ0) is 14.2. The highest BCUT2D eigenvalue weighted by Crippen LogP contribution is 2.15. The van der Waals surface area contributed by atoms with E-state index in [1.807, 2.05) is 6.07 Å². The van der Waals surface area contributed by atoms with E-state index in [1.165, 1.54) is 19.3 Å². The zero-order valence-corrected chi connectivity index (χ0v) is 12.6. The van der Waals surface area contributed by atoms with Gasteiger partial charge in [-0.1, -0.05) is 13.3 Å². The molecule has 2 rings (SSSR count). The van der Waals surface area contributed by atoms with Crippen LogP contribution in [0.1, 0.15) is 39.5 Å². The Balaban J connectivity index is 1.98. The minimum absolute atomic E-state index is 0.549. The Hall–Kier alpha value is -1.36. The lowest BCUT2D eigenvalue weighted by Gasteiger charge is -2.30. The van der Waals surface area contributed by atoms with Crippen LogP contribution in [0, 0.1) is 0 Å². The van der Waals surface area contributed by atoms with Crippen LogP contribution in [0.25, 0.3) is 0 Å². The molecule has 1 aromatic rings. The number of likely N-dealkylation sites (N-methyl/N-ethyl adjacent to an activating group) is 1. The molecule has 1 aliphatic heterocycles. The molecule has 1 N–H and O–H groups in total. The van der Waals surface area contributed by atoms with Crippen molar-refractivity contribution in [2.45, 2.75) is 45.6 Å². The second kappa shape index (κ2) is 8.04. The van der Waals surface area contributed by atoms with Gasteiger partial charge in [0.1, 0.15) is 0 Å². The highest BCUT2D eigenvalue weighted by atomic mass is 16.5. The van der Waals surface area contributed by atoms with Crippen molar-refractivity contribution in [3.8, 4) is 5.88 Å². The van der Waals surface area contributed by atoms with Gasteiger partial charge in [-0.2, -0.15) is 4.98 Å². The average Bonchev–Trinajstić information content (AvgIpc) is 2.52. The Morgan fingerprint density at radius 1 is 1.40 bits per heavy atom. The van der Waals surface area contributed by atoms with Crippen molar-refractivity contribution >= 4 is 5.95 Å².